The molecular formula is C20H19BrN2O4S. The van der Waals surface area contributed by atoms with Crippen LogP contribution in [0, 0.1) is 17.2 Å². The number of halogens is 1. The van der Waals surface area contributed by atoms with Gasteiger partial charge in [0, 0.05) is 10.4 Å². The van der Waals surface area contributed by atoms with E-state index in [0.29, 0.717) is 10.6 Å². The van der Waals surface area contributed by atoms with Crippen LogP contribution in [-0.2, 0) is 14.3 Å². The van der Waals surface area contributed by atoms with Crippen molar-refractivity contribution in [3.05, 3.63) is 56.4 Å². The summed E-state index contributed by atoms with van der Waals surface area (Å²) in [5.41, 5.74) is 0.929. The zero-order valence-corrected chi connectivity index (χ0v) is 17.6. The molecule has 2 N–H and O–H groups in total. The number of ether oxygens (including phenoxy) is 1. The zero-order chi connectivity index (χ0) is 20.3. The molecule has 1 aliphatic carbocycles. The molecule has 1 atom stereocenters. The lowest BCUT2D eigenvalue weighted by Crippen LogP contribution is -2.35. The molecule has 1 aromatic rings. The molecule has 0 saturated heterocycles. The van der Waals surface area contributed by atoms with Gasteiger partial charge < -0.3 is 15.2 Å². The summed E-state index contributed by atoms with van der Waals surface area (Å²) in [6.45, 7) is 1.87. The van der Waals surface area contributed by atoms with E-state index in [-0.39, 0.29) is 35.2 Å². The number of allylic oxidation sites excluding steroid dienone is 1. The lowest BCUT2D eigenvalue weighted by Gasteiger charge is -2.28. The molecule has 1 saturated carbocycles. The summed E-state index contributed by atoms with van der Waals surface area (Å²) in [5.74, 6) is -1.38. The number of hydrogen-bond donors (Lipinski definition) is 2. The maximum atomic E-state index is 12.8. The molecule has 1 heterocycles. The fourth-order valence-electron chi connectivity index (χ4n) is 2.96. The number of carbonyl (C=O) groups is 2. The molecule has 2 aliphatic rings. The number of aliphatic hydroxyl groups is 1. The molecular weight excluding hydrogens is 444 g/mol. The van der Waals surface area contributed by atoms with Crippen LogP contribution in [0.15, 0.2) is 50.9 Å². The Bertz CT molecular complexity index is 898. The van der Waals surface area contributed by atoms with Crippen LogP contribution in [0.2, 0.25) is 0 Å². The second-order valence-corrected chi connectivity index (χ2v) is 8.38. The fraction of sp³-hybridized carbons (Fsp3) is 0.350. The summed E-state index contributed by atoms with van der Waals surface area (Å²) in [4.78, 5) is 24.8. The highest BCUT2D eigenvalue weighted by Crippen LogP contribution is 2.41. The van der Waals surface area contributed by atoms with Crippen molar-refractivity contribution in [3.63, 3.8) is 0 Å². The van der Waals surface area contributed by atoms with Crippen molar-refractivity contribution < 1.29 is 19.4 Å². The Morgan fingerprint density at radius 2 is 2.07 bits per heavy atom. The molecule has 1 aromatic carbocycles. The first-order valence-electron chi connectivity index (χ1n) is 8.88. The Balaban J connectivity index is 2.04. The van der Waals surface area contributed by atoms with Crippen LogP contribution in [0.25, 0.3) is 0 Å². The molecule has 3 rings (SSSR count). The van der Waals surface area contributed by atoms with Gasteiger partial charge in [0.1, 0.15) is 11.4 Å². The Hall–Kier alpha value is -2.24. The number of carbonyl (C=O) groups excluding carboxylic acids is 2. The number of ketones is 1. The number of nitrogens with one attached hydrogen (secondary N) is 1. The molecule has 6 nitrogen and oxygen atoms in total. The third-order valence-corrected chi connectivity index (χ3v) is 6.09. The van der Waals surface area contributed by atoms with Crippen LogP contribution >= 0.6 is 27.7 Å². The van der Waals surface area contributed by atoms with Crippen LogP contribution < -0.4 is 5.32 Å². The molecule has 146 valence electrons. The van der Waals surface area contributed by atoms with Gasteiger partial charge in [0.2, 0.25) is 0 Å². The van der Waals surface area contributed by atoms with Crippen LogP contribution in [0.3, 0.4) is 0 Å². The first kappa shape index (κ1) is 20.5. The van der Waals surface area contributed by atoms with Crippen molar-refractivity contribution in [2.24, 2.45) is 5.92 Å². The third-order valence-electron chi connectivity index (χ3n) is 4.52. The largest absolute Gasteiger partial charge is 0.481 e. The van der Waals surface area contributed by atoms with E-state index in [9.17, 15) is 20.0 Å². The standard InChI is InChI=1S/C20H19BrN2O4S/c1-2-27-20(26)17-16(12-5-7-13(21)8-6-12)14(9-22)19(23-18(17)25)28-10-15(24)11-3-4-11/h5-8,11,16,26H,2-4,10H2,1H3,(H,23,25)/b20-17+. The SMILES string of the molecule is CCO/C(O)=C1/C(=O)NC(SCC(=O)C2CC2)=C(C#N)C1c1ccc(Br)cc1. The van der Waals surface area contributed by atoms with Gasteiger partial charge in [0.05, 0.1) is 34.9 Å². The van der Waals surface area contributed by atoms with Gasteiger partial charge in [-0.2, -0.15) is 5.26 Å². The molecule has 1 unspecified atom stereocenters. The number of rotatable bonds is 7. The van der Waals surface area contributed by atoms with E-state index in [1.54, 1.807) is 31.2 Å². The summed E-state index contributed by atoms with van der Waals surface area (Å²) in [6, 6.07) is 9.31. The van der Waals surface area contributed by atoms with E-state index in [4.69, 9.17) is 4.74 Å². The van der Waals surface area contributed by atoms with Gasteiger partial charge in [-0.3, -0.25) is 9.59 Å². The maximum Gasteiger partial charge on any atom is 0.286 e. The Morgan fingerprint density at radius 3 is 2.64 bits per heavy atom. The van der Waals surface area contributed by atoms with E-state index in [1.165, 1.54) is 0 Å². The van der Waals surface area contributed by atoms with E-state index in [1.807, 2.05) is 0 Å². The summed E-state index contributed by atoms with van der Waals surface area (Å²) < 4.78 is 6.02. The number of amides is 1. The first-order valence-corrected chi connectivity index (χ1v) is 10.7. The van der Waals surface area contributed by atoms with Crippen LogP contribution in [0.5, 0.6) is 0 Å². The minimum Gasteiger partial charge on any atom is -0.481 e. The lowest BCUT2D eigenvalue weighted by atomic mass is 9.83. The van der Waals surface area contributed by atoms with Crippen molar-refractivity contribution in [3.8, 4) is 6.07 Å². The van der Waals surface area contributed by atoms with Gasteiger partial charge in [0.15, 0.2) is 0 Å². The molecule has 0 bridgehead atoms. The summed E-state index contributed by atoms with van der Waals surface area (Å²) in [7, 11) is 0. The quantitative estimate of drug-likeness (QED) is 0.470. The highest BCUT2D eigenvalue weighted by molar-refractivity contribution is 9.10. The zero-order valence-electron chi connectivity index (χ0n) is 15.2. The van der Waals surface area contributed by atoms with Crippen molar-refractivity contribution in [2.45, 2.75) is 25.7 Å². The van der Waals surface area contributed by atoms with Gasteiger partial charge in [-0.25, -0.2) is 0 Å². The third kappa shape index (κ3) is 4.42. The van der Waals surface area contributed by atoms with Gasteiger partial charge in [-0.1, -0.05) is 39.8 Å². The lowest BCUT2D eigenvalue weighted by molar-refractivity contribution is -0.118. The number of thioether (sulfide) groups is 1. The van der Waals surface area contributed by atoms with Crippen LogP contribution in [0.1, 0.15) is 31.2 Å². The van der Waals surface area contributed by atoms with E-state index in [0.717, 1.165) is 29.1 Å². The Labute approximate surface area is 175 Å². The number of aliphatic hydroxyl groups excluding tert-OH is 1. The van der Waals surface area contributed by atoms with Crippen LogP contribution in [0.4, 0.5) is 0 Å². The number of benzene rings is 1. The number of nitriles is 1. The Kier molecular flexibility index (Phi) is 6.47. The van der Waals surface area contributed by atoms with E-state index >= 15 is 0 Å². The van der Waals surface area contributed by atoms with E-state index < -0.39 is 17.8 Å². The first-order chi connectivity index (χ1) is 13.5. The normalized spacial score (nSPS) is 21.0. The average Bonchev–Trinajstić information content (AvgIpc) is 3.51. The predicted octanol–water partition coefficient (Wildman–Crippen LogP) is 3.92. The molecule has 1 aliphatic heterocycles. The summed E-state index contributed by atoms with van der Waals surface area (Å²) in [6.07, 6.45) is 1.82. The molecule has 28 heavy (non-hydrogen) atoms. The van der Waals surface area contributed by atoms with Crippen molar-refractivity contribution in [1.82, 2.24) is 5.32 Å². The van der Waals surface area contributed by atoms with Crippen molar-refractivity contribution >= 4 is 39.4 Å². The Morgan fingerprint density at radius 1 is 1.39 bits per heavy atom. The number of hydrogen-bond acceptors (Lipinski definition) is 6. The molecule has 8 heteroatoms. The van der Waals surface area contributed by atoms with Gasteiger partial charge in [-0.05, 0) is 37.5 Å². The second kappa shape index (κ2) is 8.84. The summed E-state index contributed by atoms with van der Waals surface area (Å²) in [5, 5.41) is 23.2. The number of Topliss-reactive ketones (excluding diaryl/α,β-unsaturated/α-hetero) is 1. The topological polar surface area (TPSA) is 99.4 Å². The van der Waals surface area contributed by atoms with E-state index in [2.05, 4.69) is 27.3 Å². The minimum atomic E-state index is -0.781. The van der Waals surface area contributed by atoms with Gasteiger partial charge in [0.25, 0.3) is 11.9 Å². The smallest absolute Gasteiger partial charge is 0.286 e. The van der Waals surface area contributed by atoms with Crippen molar-refractivity contribution in [2.75, 3.05) is 12.4 Å². The molecule has 0 aromatic heterocycles. The maximum absolute atomic E-state index is 12.8. The van der Waals surface area contributed by atoms with Crippen LogP contribution in [-0.4, -0.2) is 29.2 Å². The second-order valence-electron chi connectivity index (χ2n) is 6.47. The monoisotopic (exact) mass is 462 g/mol. The van der Waals surface area contributed by atoms with Gasteiger partial charge >= 0.3 is 0 Å². The van der Waals surface area contributed by atoms with Gasteiger partial charge in [-0.15, -0.1) is 0 Å². The predicted molar refractivity (Wildman–Crippen MR) is 109 cm³/mol. The highest BCUT2D eigenvalue weighted by Gasteiger charge is 2.38. The number of nitrogens with zero attached hydrogens (tertiary/aromatic N) is 1. The molecule has 1 amide bonds. The average molecular weight is 463 g/mol. The highest BCUT2D eigenvalue weighted by atomic mass is 79.9. The molecule has 0 radical (unpaired) electrons. The molecule has 0 spiro atoms. The van der Waals surface area contributed by atoms with Crippen molar-refractivity contribution in [1.29, 1.82) is 5.26 Å². The summed E-state index contributed by atoms with van der Waals surface area (Å²) >= 11 is 4.53. The fourth-order valence-corrected chi connectivity index (χ4v) is 4.23. The molecule has 1 fully saturated rings. The minimum absolute atomic E-state index is 0.0152.